The molecule has 17 nitrogen and oxygen atoms in total. The third-order valence-corrected chi connectivity index (χ3v) is 18.1. The molecule has 2 aliphatic carbocycles. The van der Waals surface area contributed by atoms with Gasteiger partial charge in [0.2, 0.25) is 11.8 Å². The van der Waals surface area contributed by atoms with E-state index in [2.05, 4.69) is 21.3 Å². The molecule has 4 aliphatic rings. The fourth-order valence-electron chi connectivity index (χ4n) is 13.4. The Morgan fingerprint density at radius 1 is 0.520 bits per heavy atom. The number of carbonyl (C=O) groups excluding carboxylic acids is 5. The SMILES string of the molecule is CN(C)CC(=O)O.Cc1cccc(F)c1C(=O)N1CCC[C@H](C(=O)Nc2ccc(CO)c(C(F)(F)F)c2)[C@@H]1c1ccc(NC2CCCC2)cc1.Cc1cccc(F)c1C(=O)N1CCC[C@H](C(=O)Nc2ccc(COC(=O)CN(C)C)c(C(F)(F)F)c2)[C@@H]1c1ccc(NC2CCCC2)cc1.Cl. The Morgan fingerprint density at radius 2 is 0.900 bits per heavy atom. The summed E-state index contributed by atoms with van der Waals surface area (Å²) in [7, 11) is 6.70. The number of benzene rings is 6. The van der Waals surface area contributed by atoms with Gasteiger partial charge in [0.05, 0.1) is 65.9 Å². The van der Waals surface area contributed by atoms with E-state index < -0.39 is 108 Å². The second-order valence-electron chi connectivity index (χ2n) is 26.1. The molecule has 0 bridgehead atoms. The molecule has 100 heavy (non-hydrogen) atoms. The largest absolute Gasteiger partial charge is 0.480 e. The maximum absolute atomic E-state index is 15.0. The number of nitrogens with one attached hydrogen (secondary N) is 4. The topological polar surface area (TPSA) is 213 Å². The van der Waals surface area contributed by atoms with E-state index in [1.807, 2.05) is 48.5 Å². The Hall–Kier alpha value is -8.65. The lowest BCUT2D eigenvalue weighted by molar-refractivity contribution is -0.148. The Bertz CT molecular complexity index is 3750. The number of piperidine rings is 2. The monoisotopic (exact) mass is 1420 g/mol. The quantitative estimate of drug-likeness (QED) is 0.0329. The van der Waals surface area contributed by atoms with Gasteiger partial charge in [0, 0.05) is 53.5 Å². The first-order chi connectivity index (χ1) is 47.0. The number of likely N-dealkylation sites (N-methyl/N-ethyl adjacent to an activating group) is 2. The van der Waals surface area contributed by atoms with Crippen LogP contribution in [-0.2, 0) is 49.5 Å². The summed E-state index contributed by atoms with van der Waals surface area (Å²) < 4.78 is 118. The predicted octanol–water partition coefficient (Wildman–Crippen LogP) is 14.6. The van der Waals surface area contributed by atoms with Crippen LogP contribution in [0.4, 0.5) is 57.9 Å². The van der Waals surface area contributed by atoms with E-state index >= 15 is 4.39 Å². The highest BCUT2D eigenvalue weighted by molar-refractivity contribution is 5.99. The molecule has 2 heterocycles. The van der Waals surface area contributed by atoms with Crippen molar-refractivity contribution in [1.82, 2.24) is 19.6 Å². The van der Waals surface area contributed by atoms with Gasteiger partial charge in [-0.15, -0.1) is 12.4 Å². The number of alkyl halides is 6. The summed E-state index contributed by atoms with van der Waals surface area (Å²) in [6.07, 6.45) is 1.12. The average molecular weight is 1420 g/mol. The number of anilines is 4. The normalized spacial score (nSPS) is 18.0. The van der Waals surface area contributed by atoms with Crippen LogP contribution in [0.15, 0.2) is 121 Å². The van der Waals surface area contributed by atoms with E-state index in [-0.39, 0.29) is 72.2 Å². The molecule has 10 rings (SSSR count). The third-order valence-electron chi connectivity index (χ3n) is 18.1. The number of esters is 1. The first-order valence-electron chi connectivity index (χ1n) is 33.2. The summed E-state index contributed by atoms with van der Waals surface area (Å²) >= 11 is 0. The van der Waals surface area contributed by atoms with E-state index in [9.17, 15) is 64.6 Å². The van der Waals surface area contributed by atoms with Crippen LogP contribution >= 0.6 is 12.4 Å². The lowest BCUT2D eigenvalue weighted by Crippen LogP contribution is -2.46. The van der Waals surface area contributed by atoms with Crippen LogP contribution in [-0.4, -0.2) is 132 Å². The minimum absolute atomic E-state index is 0. The minimum Gasteiger partial charge on any atom is -0.480 e. The summed E-state index contributed by atoms with van der Waals surface area (Å²) in [4.78, 5) is 83.4. The molecule has 0 radical (unpaired) electrons. The van der Waals surface area contributed by atoms with E-state index in [0.717, 1.165) is 55.3 Å². The Labute approximate surface area is 583 Å². The van der Waals surface area contributed by atoms with Crippen molar-refractivity contribution in [3.8, 4) is 0 Å². The van der Waals surface area contributed by atoms with Crippen LogP contribution in [0.1, 0.15) is 154 Å². The Kier molecular flexibility index (Phi) is 28.0. The van der Waals surface area contributed by atoms with E-state index in [1.54, 1.807) is 59.1 Å². The predicted molar refractivity (Wildman–Crippen MR) is 368 cm³/mol. The number of carbonyl (C=O) groups is 6. The van der Waals surface area contributed by atoms with Crippen molar-refractivity contribution >= 4 is 70.7 Å². The zero-order valence-corrected chi connectivity index (χ0v) is 57.5. The average Bonchev–Trinajstić information content (AvgIpc) is 0.794. The van der Waals surface area contributed by atoms with Gasteiger partial charge in [-0.25, -0.2) is 8.78 Å². The van der Waals surface area contributed by atoms with Crippen LogP contribution in [0.5, 0.6) is 0 Å². The number of aliphatic hydroxyl groups excluding tert-OH is 1. The molecule has 0 unspecified atom stereocenters. The highest BCUT2D eigenvalue weighted by Gasteiger charge is 2.44. The van der Waals surface area contributed by atoms with Crippen LogP contribution < -0.4 is 21.3 Å². The van der Waals surface area contributed by atoms with E-state index in [0.29, 0.717) is 60.0 Å². The van der Waals surface area contributed by atoms with Gasteiger partial charge in [-0.2, -0.15) is 26.3 Å². The summed E-state index contributed by atoms with van der Waals surface area (Å²) in [6, 6.07) is 29.5. The van der Waals surface area contributed by atoms with Gasteiger partial charge < -0.3 is 46.0 Å². The second kappa shape index (κ2) is 35.6. The number of aliphatic hydroxyl groups is 1. The molecule has 540 valence electrons. The number of amides is 4. The first kappa shape index (κ1) is 78.7. The fraction of sp³-hybridized carbons (Fsp3) is 0.432. The number of nitrogens with zero attached hydrogens (tertiary/aromatic N) is 4. The Balaban J connectivity index is 0.000000255. The van der Waals surface area contributed by atoms with Gasteiger partial charge in [0.25, 0.3) is 11.8 Å². The van der Waals surface area contributed by atoms with Crippen LogP contribution in [0.2, 0.25) is 0 Å². The number of aliphatic carboxylic acids is 1. The number of ether oxygens (including phenoxy) is 1. The van der Waals surface area contributed by atoms with Crippen molar-refractivity contribution < 1.29 is 78.8 Å². The zero-order valence-electron chi connectivity index (χ0n) is 56.7. The molecule has 2 saturated carbocycles. The molecule has 6 N–H and O–H groups in total. The highest BCUT2D eigenvalue weighted by Crippen LogP contribution is 2.43. The smallest absolute Gasteiger partial charge is 0.416 e. The maximum atomic E-state index is 15.0. The van der Waals surface area contributed by atoms with Crippen molar-refractivity contribution in [3.05, 3.63) is 189 Å². The molecular weight excluding hydrogens is 1330 g/mol. The van der Waals surface area contributed by atoms with Gasteiger partial charge >= 0.3 is 24.3 Å². The number of aryl methyl sites for hydroxylation is 2. The van der Waals surface area contributed by atoms with Gasteiger partial charge in [-0.1, -0.05) is 86.3 Å². The molecular formula is C74H87ClF8N8O9. The van der Waals surface area contributed by atoms with Gasteiger partial charge in [-0.05, 0) is 182 Å². The molecule has 4 amide bonds. The number of likely N-dealkylation sites (tertiary alicyclic amines) is 2. The molecule has 26 heteroatoms. The maximum Gasteiger partial charge on any atom is 0.416 e. The molecule has 0 aromatic heterocycles. The molecule has 4 atom stereocenters. The first-order valence-corrected chi connectivity index (χ1v) is 33.2. The van der Waals surface area contributed by atoms with Gasteiger partial charge in [0.1, 0.15) is 18.2 Å². The molecule has 6 aromatic carbocycles. The van der Waals surface area contributed by atoms with Crippen molar-refractivity contribution in [1.29, 1.82) is 0 Å². The summed E-state index contributed by atoms with van der Waals surface area (Å²) in [5.74, 6) is -6.67. The lowest BCUT2D eigenvalue weighted by atomic mass is 9.83. The number of rotatable bonds is 19. The standard InChI is InChI=1S/C37H42F4N4O4.C33H35F4N3O3.C4H9NO2.ClH/c1-23-8-6-12-31(38)33(23)36(48)45-19-7-11-29(34(45)24-13-16-27(17-14-24)42-26-9-4-5-10-26)35(47)43-28-18-15-25(30(20-28)37(39,40)41)22-49-32(46)21-44(2)3;1-20-6-4-10-28(34)29(20)32(43)40-17-5-9-26(30(40)21-11-14-24(15-12-21)38-23-7-2-3-8-23)31(42)39-25-16-13-22(19-41)27(18-25)33(35,36)37;1-5(2)3-4(6)7;/h6,8,12-18,20,26,29,34,42H,4-5,7,9-11,19,21-22H2,1-3H3,(H,43,47);4,6,10-16,18,23,26,30,38,41H,2-3,5,7-9,17,19H2,1H3,(H,39,42);3H2,1-2H3,(H,6,7);1H/t29-,34-;26-,30-;;/m00../s1. The van der Waals surface area contributed by atoms with E-state index in [4.69, 9.17) is 9.84 Å². The fourth-order valence-corrected chi connectivity index (χ4v) is 13.4. The number of hydrogen-bond acceptors (Lipinski definition) is 12. The van der Waals surface area contributed by atoms with Crippen LogP contribution in [0.25, 0.3) is 0 Å². The van der Waals surface area contributed by atoms with E-state index in [1.165, 1.54) is 82.8 Å². The summed E-state index contributed by atoms with van der Waals surface area (Å²) in [5.41, 5.74) is 1.13. The zero-order chi connectivity index (χ0) is 71.9. The van der Waals surface area contributed by atoms with Crippen LogP contribution in [0.3, 0.4) is 0 Å². The van der Waals surface area contributed by atoms with Gasteiger partial charge in [-0.3, -0.25) is 38.6 Å². The summed E-state index contributed by atoms with van der Waals surface area (Å²) in [6.45, 7) is 2.48. The van der Waals surface area contributed by atoms with Gasteiger partial charge in [0.15, 0.2) is 0 Å². The minimum atomic E-state index is -4.79. The van der Waals surface area contributed by atoms with Crippen molar-refractivity contribution in [2.45, 2.75) is 141 Å². The second-order valence-corrected chi connectivity index (χ2v) is 26.1. The number of carboxylic acids is 1. The lowest BCUT2D eigenvalue weighted by Gasteiger charge is -2.41. The van der Waals surface area contributed by atoms with Crippen molar-refractivity contribution in [3.63, 3.8) is 0 Å². The van der Waals surface area contributed by atoms with Crippen molar-refractivity contribution in [2.24, 2.45) is 11.8 Å². The summed E-state index contributed by atoms with van der Waals surface area (Å²) in [5, 5.41) is 29.7. The molecule has 4 fully saturated rings. The number of halogens is 9. The molecule has 2 saturated heterocycles. The molecule has 6 aromatic rings. The molecule has 0 spiro atoms. The number of hydrogen-bond donors (Lipinski definition) is 6. The van der Waals surface area contributed by atoms with Crippen LogP contribution in [0, 0.1) is 37.3 Å². The Morgan fingerprint density at radius 3 is 1.25 bits per heavy atom. The third kappa shape index (κ3) is 21.0. The number of carboxylic acid groups (broad SMARTS) is 1. The molecule has 2 aliphatic heterocycles. The highest BCUT2D eigenvalue weighted by atomic mass is 35.5. The van der Waals surface area contributed by atoms with Crippen molar-refractivity contribution in [2.75, 3.05) is 75.6 Å².